The highest BCUT2D eigenvalue weighted by Gasteiger charge is 2.38. The minimum Gasteiger partial charge on any atom is -0.465 e. The lowest BCUT2D eigenvalue weighted by Gasteiger charge is -2.36. The molecule has 11 nitrogen and oxygen atoms in total. The number of nitrogens with one attached hydrogen (secondary N) is 2. The van der Waals surface area contributed by atoms with Crippen molar-refractivity contribution in [3.05, 3.63) is 71.3 Å². The summed E-state index contributed by atoms with van der Waals surface area (Å²) in [5.74, 6) is -1.55. The van der Waals surface area contributed by atoms with Gasteiger partial charge in [0.15, 0.2) is 0 Å². The molecule has 2 aliphatic heterocycles. The number of hydrogen-bond acceptors (Lipinski definition) is 6. The Kier molecular flexibility index (Phi) is 8.83. The number of ether oxygens (including phenoxy) is 1. The fourth-order valence-electron chi connectivity index (χ4n) is 4.93. The van der Waals surface area contributed by atoms with Crippen LogP contribution in [-0.4, -0.2) is 82.5 Å². The van der Waals surface area contributed by atoms with Crippen LogP contribution in [0.15, 0.2) is 54.6 Å². The quantitative estimate of drug-likeness (QED) is 0.385. The van der Waals surface area contributed by atoms with Gasteiger partial charge in [-0.2, -0.15) is 0 Å². The zero-order valence-corrected chi connectivity index (χ0v) is 22.6. The van der Waals surface area contributed by atoms with E-state index in [2.05, 4.69) is 10.6 Å². The van der Waals surface area contributed by atoms with Gasteiger partial charge in [-0.15, -0.1) is 0 Å². The second-order valence-electron chi connectivity index (χ2n) is 10.6. The zero-order valence-electron chi connectivity index (χ0n) is 22.6. The van der Waals surface area contributed by atoms with E-state index < -0.39 is 23.6 Å². The Morgan fingerprint density at radius 3 is 2.12 bits per heavy atom. The SMILES string of the molecule is CC(C)(NC(=O)O)C(=O)NC(COCc1ccccc1)C(=O)N1CCC(CN2C(=O)c3ccccc3C2=O)CC1. The Morgan fingerprint density at radius 1 is 0.975 bits per heavy atom. The summed E-state index contributed by atoms with van der Waals surface area (Å²) >= 11 is 0. The number of benzene rings is 2. The smallest absolute Gasteiger partial charge is 0.405 e. The van der Waals surface area contributed by atoms with Crippen LogP contribution < -0.4 is 10.6 Å². The number of carboxylic acid groups (broad SMARTS) is 1. The van der Waals surface area contributed by atoms with Gasteiger partial charge in [-0.05, 0) is 50.3 Å². The maximum absolute atomic E-state index is 13.5. The van der Waals surface area contributed by atoms with Gasteiger partial charge in [0, 0.05) is 19.6 Å². The van der Waals surface area contributed by atoms with E-state index >= 15 is 0 Å². The lowest BCUT2D eigenvalue weighted by Crippen LogP contribution is -2.60. The van der Waals surface area contributed by atoms with Crippen LogP contribution in [0.5, 0.6) is 0 Å². The van der Waals surface area contributed by atoms with Crippen molar-refractivity contribution >= 4 is 29.7 Å². The molecule has 5 amide bonds. The molecular weight excluding hydrogens is 516 g/mol. The summed E-state index contributed by atoms with van der Waals surface area (Å²) in [7, 11) is 0. The number of carbonyl (C=O) groups is 5. The molecule has 1 atom stereocenters. The standard InChI is InChI=1S/C29H34N4O7/c1-29(2,31-28(38)39)27(37)30-23(18-40-17-20-8-4-3-5-9-20)26(36)32-14-12-19(13-15-32)16-33-24(34)21-10-6-7-11-22(21)25(33)35/h3-11,19,23,31H,12-18H2,1-2H3,(H,30,37)(H,38,39). The van der Waals surface area contributed by atoms with E-state index in [1.165, 1.54) is 18.7 Å². The van der Waals surface area contributed by atoms with Crippen molar-refractivity contribution < 1.29 is 33.8 Å². The van der Waals surface area contributed by atoms with Gasteiger partial charge < -0.3 is 25.4 Å². The van der Waals surface area contributed by atoms with Gasteiger partial charge in [-0.3, -0.25) is 24.1 Å². The average Bonchev–Trinajstić information content (AvgIpc) is 3.17. The average molecular weight is 551 g/mol. The molecule has 11 heteroatoms. The van der Waals surface area contributed by atoms with Gasteiger partial charge >= 0.3 is 6.09 Å². The molecule has 0 radical (unpaired) electrons. The Morgan fingerprint density at radius 2 is 1.55 bits per heavy atom. The normalized spacial score (nSPS) is 16.4. The van der Waals surface area contributed by atoms with Gasteiger partial charge in [0.25, 0.3) is 11.8 Å². The second-order valence-corrected chi connectivity index (χ2v) is 10.6. The molecule has 1 unspecified atom stereocenters. The first kappa shape index (κ1) is 28.8. The van der Waals surface area contributed by atoms with E-state index in [1.807, 2.05) is 30.3 Å². The molecular formula is C29H34N4O7. The van der Waals surface area contributed by atoms with Crippen molar-refractivity contribution in [3.8, 4) is 0 Å². The summed E-state index contributed by atoms with van der Waals surface area (Å²) < 4.78 is 5.77. The molecule has 2 aromatic rings. The van der Waals surface area contributed by atoms with Crippen molar-refractivity contribution in [1.29, 1.82) is 0 Å². The zero-order chi connectivity index (χ0) is 28.9. The lowest BCUT2D eigenvalue weighted by molar-refractivity contribution is -0.140. The second kappa shape index (κ2) is 12.3. The molecule has 212 valence electrons. The maximum atomic E-state index is 13.5. The molecule has 0 aliphatic carbocycles. The number of rotatable bonds is 10. The van der Waals surface area contributed by atoms with Gasteiger partial charge in [0.1, 0.15) is 11.6 Å². The predicted octanol–water partition coefficient (Wildman–Crippen LogP) is 2.27. The first-order chi connectivity index (χ1) is 19.1. The van der Waals surface area contributed by atoms with Gasteiger partial charge in [0.2, 0.25) is 11.8 Å². The molecule has 0 bridgehead atoms. The lowest BCUT2D eigenvalue weighted by atomic mass is 9.95. The third kappa shape index (κ3) is 6.66. The Bertz CT molecular complexity index is 1240. The van der Waals surface area contributed by atoms with Gasteiger partial charge in [0.05, 0.1) is 24.3 Å². The highest BCUT2D eigenvalue weighted by atomic mass is 16.5. The molecule has 0 aromatic heterocycles. The van der Waals surface area contributed by atoms with E-state index in [9.17, 15) is 24.0 Å². The first-order valence-corrected chi connectivity index (χ1v) is 13.2. The Labute approximate surface area is 232 Å². The van der Waals surface area contributed by atoms with Gasteiger partial charge in [-0.25, -0.2) is 4.79 Å². The van der Waals surface area contributed by atoms with Crippen molar-refractivity contribution in [2.75, 3.05) is 26.2 Å². The summed E-state index contributed by atoms with van der Waals surface area (Å²) in [6.07, 6.45) is -0.198. The summed E-state index contributed by atoms with van der Waals surface area (Å²) in [5, 5.41) is 13.9. The number of nitrogens with zero attached hydrogens (tertiary/aromatic N) is 2. The molecule has 2 aliphatic rings. The molecule has 2 heterocycles. The van der Waals surface area contributed by atoms with Crippen LogP contribution >= 0.6 is 0 Å². The predicted molar refractivity (Wildman–Crippen MR) is 144 cm³/mol. The summed E-state index contributed by atoms with van der Waals surface area (Å²) in [4.78, 5) is 65.9. The number of amides is 5. The van der Waals surface area contributed by atoms with Crippen LogP contribution in [0.2, 0.25) is 0 Å². The number of piperidine rings is 1. The molecule has 1 saturated heterocycles. The molecule has 0 saturated carbocycles. The number of imide groups is 1. The third-order valence-electron chi connectivity index (χ3n) is 7.23. The molecule has 2 aromatic carbocycles. The van der Waals surface area contributed by atoms with E-state index in [0.29, 0.717) is 37.1 Å². The summed E-state index contributed by atoms with van der Waals surface area (Å²) in [5.41, 5.74) is 0.259. The minimum absolute atomic E-state index is 0.0346. The van der Waals surface area contributed by atoms with E-state index in [-0.39, 0.29) is 43.4 Å². The van der Waals surface area contributed by atoms with E-state index in [1.54, 1.807) is 29.2 Å². The third-order valence-corrected chi connectivity index (χ3v) is 7.23. The number of fused-ring (bicyclic) bond motifs is 1. The monoisotopic (exact) mass is 550 g/mol. The van der Waals surface area contributed by atoms with Crippen molar-refractivity contribution in [1.82, 2.24) is 20.4 Å². The number of carbonyl (C=O) groups excluding carboxylic acids is 4. The van der Waals surface area contributed by atoms with Crippen molar-refractivity contribution in [3.63, 3.8) is 0 Å². The van der Waals surface area contributed by atoms with Crippen LogP contribution in [0.4, 0.5) is 4.79 Å². The molecule has 40 heavy (non-hydrogen) atoms. The van der Waals surface area contributed by atoms with Gasteiger partial charge in [-0.1, -0.05) is 42.5 Å². The molecule has 0 spiro atoms. The fraction of sp³-hybridized carbons (Fsp3) is 0.414. The van der Waals surface area contributed by atoms with Crippen LogP contribution in [-0.2, 0) is 20.9 Å². The van der Waals surface area contributed by atoms with Crippen LogP contribution in [0, 0.1) is 5.92 Å². The highest BCUT2D eigenvalue weighted by Crippen LogP contribution is 2.26. The Balaban J connectivity index is 1.36. The molecule has 1 fully saturated rings. The van der Waals surface area contributed by atoms with Crippen LogP contribution in [0.3, 0.4) is 0 Å². The summed E-state index contributed by atoms with van der Waals surface area (Å²) in [6, 6.07) is 15.1. The fourth-order valence-corrected chi connectivity index (χ4v) is 4.93. The maximum Gasteiger partial charge on any atom is 0.405 e. The minimum atomic E-state index is -1.47. The van der Waals surface area contributed by atoms with Crippen LogP contribution in [0.25, 0.3) is 0 Å². The van der Waals surface area contributed by atoms with Crippen molar-refractivity contribution in [2.24, 2.45) is 5.92 Å². The number of likely N-dealkylation sites (tertiary alicyclic amines) is 1. The van der Waals surface area contributed by atoms with Crippen LogP contribution in [0.1, 0.15) is 53.0 Å². The topological polar surface area (TPSA) is 145 Å². The highest BCUT2D eigenvalue weighted by molar-refractivity contribution is 6.21. The van der Waals surface area contributed by atoms with Crippen molar-refractivity contribution in [2.45, 2.75) is 44.9 Å². The Hall–Kier alpha value is -4.25. The molecule has 3 N–H and O–H groups in total. The van der Waals surface area contributed by atoms with E-state index in [4.69, 9.17) is 9.84 Å². The van der Waals surface area contributed by atoms with E-state index in [0.717, 1.165) is 5.56 Å². The number of hydrogen-bond donors (Lipinski definition) is 3. The largest absolute Gasteiger partial charge is 0.465 e. The first-order valence-electron chi connectivity index (χ1n) is 13.2. The summed E-state index contributed by atoms with van der Waals surface area (Å²) in [6.45, 7) is 4.00. The molecule has 4 rings (SSSR count).